The summed E-state index contributed by atoms with van der Waals surface area (Å²) in [6.45, 7) is 2.14. The minimum atomic E-state index is -1.19. The van der Waals surface area contributed by atoms with E-state index in [0.29, 0.717) is 18.1 Å². The Labute approximate surface area is 144 Å². The molecule has 2 aromatic carbocycles. The fourth-order valence-corrected chi connectivity index (χ4v) is 4.28. The topological polar surface area (TPSA) is 29.1 Å². The zero-order chi connectivity index (χ0) is 17.8. The number of hydrogen-bond donors (Lipinski definition) is 1. The molecule has 2 atom stereocenters. The molecule has 1 fully saturated rings. The number of benzene rings is 2. The van der Waals surface area contributed by atoms with Gasteiger partial charge in [0.1, 0.15) is 5.82 Å². The Balaban J connectivity index is 1.79. The van der Waals surface area contributed by atoms with E-state index >= 15 is 0 Å². The van der Waals surface area contributed by atoms with Gasteiger partial charge in [0.15, 0.2) is 11.6 Å². The van der Waals surface area contributed by atoms with Gasteiger partial charge in [-0.15, -0.1) is 0 Å². The van der Waals surface area contributed by atoms with Gasteiger partial charge in [0.05, 0.1) is 0 Å². The zero-order valence-electron chi connectivity index (χ0n) is 13.8. The maximum absolute atomic E-state index is 14.1. The van der Waals surface area contributed by atoms with Crippen molar-refractivity contribution in [2.45, 2.75) is 44.1 Å². The van der Waals surface area contributed by atoms with Crippen molar-refractivity contribution in [1.82, 2.24) is 5.32 Å². The molecule has 2 nitrogen and oxygen atoms in total. The van der Waals surface area contributed by atoms with Crippen LogP contribution in [0.2, 0.25) is 0 Å². The molecule has 25 heavy (non-hydrogen) atoms. The summed E-state index contributed by atoms with van der Waals surface area (Å²) < 4.78 is 41.1. The van der Waals surface area contributed by atoms with Crippen molar-refractivity contribution in [3.8, 4) is 11.1 Å². The Morgan fingerprint density at radius 3 is 2.72 bits per heavy atom. The highest BCUT2D eigenvalue weighted by Crippen LogP contribution is 2.44. The van der Waals surface area contributed by atoms with Gasteiger partial charge < -0.3 is 5.32 Å². The first-order valence-corrected chi connectivity index (χ1v) is 8.46. The number of carbonyl (C=O) groups is 1. The van der Waals surface area contributed by atoms with Crippen LogP contribution in [0.4, 0.5) is 13.2 Å². The number of carbonyl (C=O) groups excluding carboxylic acids is 1. The molecule has 1 amide bonds. The predicted molar refractivity (Wildman–Crippen MR) is 88.6 cm³/mol. The summed E-state index contributed by atoms with van der Waals surface area (Å²) in [5, 5.41) is 3.07. The molecule has 2 aliphatic rings. The second kappa shape index (κ2) is 5.61. The van der Waals surface area contributed by atoms with Crippen LogP contribution in [0, 0.1) is 17.5 Å². The molecule has 1 heterocycles. The van der Waals surface area contributed by atoms with E-state index in [-0.39, 0.29) is 22.9 Å². The number of fused-ring (bicyclic) bond motifs is 3. The Hall–Kier alpha value is -2.30. The lowest BCUT2D eigenvalue weighted by molar-refractivity contribution is -0.125. The van der Waals surface area contributed by atoms with Gasteiger partial charge in [-0.1, -0.05) is 25.1 Å². The lowest BCUT2D eigenvalue weighted by atomic mass is 9.64. The number of nitrogens with one attached hydrogen (secondary N) is 1. The van der Waals surface area contributed by atoms with Crippen LogP contribution < -0.4 is 5.32 Å². The number of halogens is 3. The quantitative estimate of drug-likeness (QED) is 0.769. The first-order valence-electron chi connectivity index (χ1n) is 8.46. The zero-order valence-corrected chi connectivity index (χ0v) is 13.8. The normalized spacial score (nSPS) is 25.1. The van der Waals surface area contributed by atoms with Gasteiger partial charge in [0.25, 0.3) is 0 Å². The van der Waals surface area contributed by atoms with Crippen LogP contribution in [0.3, 0.4) is 0 Å². The molecule has 1 aliphatic carbocycles. The van der Waals surface area contributed by atoms with Crippen molar-refractivity contribution in [2.24, 2.45) is 0 Å². The molecule has 5 heteroatoms. The molecule has 0 aromatic heterocycles. The van der Waals surface area contributed by atoms with Crippen molar-refractivity contribution in [1.29, 1.82) is 0 Å². The lowest BCUT2D eigenvalue weighted by Crippen LogP contribution is -2.55. The van der Waals surface area contributed by atoms with E-state index in [1.54, 1.807) is 6.07 Å². The largest absolute Gasteiger partial charge is 0.352 e. The van der Waals surface area contributed by atoms with E-state index in [0.717, 1.165) is 36.5 Å². The summed E-state index contributed by atoms with van der Waals surface area (Å²) in [5.41, 5.74) is 2.42. The van der Waals surface area contributed by atoms with Gasteiger partial charge in [-0.05, 0) is 42.0 Å². The molecular formula is C20H18F3NO. The summed E-state index contributed by atoms with van der Waals surface area (Å²) in [5.74, 6) is -2.94. The number of hydrogen-bond acceptors (Lipinski definition) is 1. The highest BCUT2D eigenvalue weighted by Gasteiger charge is 2.43. The standard InChI is InChI=1S/C20H18F3NO/c1-20-7-6-18(25)24-17(20)5-3-12-8-11(2-4-15(12)20)14-9-13(21)10-16(22)19(14)23/h2,4,8-10,17H,3,5-7H2,1H3,(H,24,25)/t17-,20-/m1/s1. The van der Waals surface area contributed by atoms with Crippen LogP contribution in [-0.2, 0) is 16.6 Å². The first-order chi connectivity index (χ1) is 11.9. The summed E-state index contributed by atoms with van der Waals surface area (Å²) in [6, 6.07) is 7.11. The Morgan fingerprint density at radius 2 is 1.92 bits per heavy atom. The van der Waals surface area contributed by atoms with Gasteiger partial charge in [0.2, 0.25) is 5.91 Å². The van der Waals surface area contributed by atoms with E-state index < -0.39 is 17.5 Å². The summed E-state index contributed by atoms with van der Waals surface area (Å²) in [4.78, 5) is 11.7. The molecule has 0 saturated carbocycles. The third kappa shape index (κ3) is 2.53. The average Bonchev–Trinajstić information content (AvgIpc) is 2.58. The van der Waals surface area contributed by atoms with Crippen LogP contribution in [-0.4, -0.2) is 11.9 Å². The van der Waals surface area contributed by atoms with Crippen molar-refractivity contribution in [3.63, 3.8) is 0 Å². The Kier molecular flexibility index (Phi) is 3.63. The van der Waals surface area contributed by atoms with Crippen LogP contribution in [0.1, 0.15) is 37.3 Å². The van der Waals surface area contributed by atoms with Crippen molar-refractivity contribution >= 4 is 5.91 Å². The predicted octanol–water partition coefficient (Wildman–Crippen LogP) is 4.25. The summed E-state index contributed by atoms with van der Waals surface area (Å²) in [6.07, 6.45) is 2.79. The van der Waals surface area contributed by atoms with Crippen LogP contribution >= 0.6 is 0 Å². The van der Waals surface area contributed by atoms with Crippen molar-refractivity contribution < 1.29 is 18.0 Å². The maximum Gasteiger partial charge on any atom is 0.220 e. The number of piperidine rings is 1. The third-order valence-corrected chi connectivity index (χ3v) is 5.70. The highest BCUT2D eigenvalue weighted by atomic mass is 19.2. The minimum Gasteiger partial charge on any atom is -0.352 e. The highest BCUT2D eigenvalue weighted by molar-refractivity contribution is 5.78. The van der Waals surface area contributed by atoms with Gasteiger partial charge in [0, 0.05) is 29.5 Å². The van der Waals surface area contributed by atoms with E-state index in [1.807, 2.05) is 12.1 Å². The second-order valence-electron chi connectivity index (χ2n) is 7.20. The van der Waals surface area contributed by atoms with E-state index in [4.69, 9.17) is 0 Å². The molecule has 0 bridgehead atoms. The molecule has 0 unspecified atom stereocenters. The van der Waals surface area contributed by atoms with E-state index in [9.17, 15) is 18.0 Å². The third-order valence-electron chi connectivity index (χ3n) is 5.70. The summed E-state index contributed by atoms with van der Waals surface area (Å²) >= 11 is 0. The van der Waals surface area contributed by atoms with Gasteiger partial charge >= 0.3 is 0 Å². The second-order valence-corrected chi connectivity index (χ2v) is 7.20. The minimum absolute atomic E-state index is 0.0653. The van der Waals surface area contributed by atoms with Gasteiger partial charge in [-0.25, -0.2) is 13.2 Å². The Bertz CT molecular complexity index is 879. The van der Waals surface area contributed by atoms with Gasteiger partial charge in [-0.3, -0.25) is 4.79 Å². The number of rotatable bonds is 1. The first kappa shape index (κ1) is 16.2. The lowest BCUT2D eigenvalue weighted by Gasteiger charge is -2.46. The monoisotopic (exact) mass is 345 g/mol. The molecular weight excluding hydrogens is 327 g/mol. The average molecular weight is 345 g/mol. The molecule has 4 rings (SSSR count). The number of amides is 1. The molecule has 0 radical (unpaired) electrons. The van der Waals surface area contributed by atoms with Crippen LogP contribution in [0.5, 0.6) is 0 Å². The molecule has 0 spiro atoms. The SMILES string of the molecule is C[C@]12CCC(=O)N[C@@H]1CCc1cc(-c3cc(F)cc(F)c3F)ccc12. The summed E-state index contributed by atoms with van der Waals surface area (Å²) in [7, 11) is 0. The Morgan fingerprint density at radius 1 is 1.12 bits per heavy atom. The fourth-order valence-electron chi connectivity index (χ4n) is 4.28. The van der Waals surface area contributed by atoms with Crippen molar-refractivity contribution in [2.75, 3.05) is 0 Å². The molecule has 1 N–H and O–H groups in total. The fraction of sp³-hybridized carbons (Fsp3) is 0.350. The molecule has 2 aromatic rings. The van der Waals surface area contributed by atoms with Crippen LogP contribution in [0.15, 0.2) is 30.3 Å². The van der Waals surface area contributed by atoms with Crippen LogP contribution in [0.25, 0.3) is 11.1 Å². The van der Waals surface area contributed by atoms with E-state index in [1.165, 1.54) is 0 Å². The maximum atomic E-state index is 14.1. The smallest absolute Gasteiger partial charge is 0.220 e. The van der Waals surface area contributed by atoms with E-state index in [2.05, 4.69) is 12.2 Å². The number of aryl methyl sites for hydroxylation is 1. The molecule has 130 valence electrons. The van der Waals surface area contributed by atoms with Crippen molar-refractivity contribution in [3.05, 3.63) is 58.9 Å². The molecule has 1 aliphatic heterocycles. The van der Waals surface area contributed by atoms with Gasteiger partial charge in [-0.2, -0.15) is 0 Å². The molecule has 1 saturated heterocycles.